The number of benzene rings is 1. The Morgan fingerprint density at radius 3 is 2.71 bits per heavy atom. The summed E-state index contributed by atoms with van der Waals surface area (Å²) in [5.41, 5.74) is 2.04. The van der Waals surface area contributed by atoms with Crippen LogP contribution in [0.4, 0.5) is 0 Å². The highest BCUT2D eigenvalue weighted by molar-refractivity contribution is 5.76. The van der Waals surface area contributed by atoms with E-state index >= 15 is 0 Å². The van der Waals surface area contributed by atoms with Crippen molar-refractivity contribution in [2.24, 2.45) is 5.92 Å². The zero-order valence-corrected chi connectivity index (χ0v) is 16.9. The van der Waals surface area contributed by atoms with Crippen LogP contribution in [0.1, 0.15) is 50.3 Å². The minimum absolute atomic E-state index is 0.137. The number of aromatic amines is 1. The summed E-state index contributed by atoms with van der Waals surface area (Å²) in [6, 6.07) is 8.16. The molecule has 2 N–H and O–H groups in total. The number of methoxy groups -OCH3 is 1. The van der Waals surface area contributed by atoms with Gasteiger partial charge in [-0.25, -0.2) is 0 Å². The number of nitrogens with one attached hydrogen (secondary N) is 2. The van der Waals surface area contributed by atoms with Crippen LogP contribution in [0.3, 0.4) is 0 Å². The molecule has 0 radical (unpaired) electrons. The second-order valence-corrected chi connectivity index (χ2v) is 7.67. The summed E-state index contributed by atoms with van der Waals surface area (Å²) in [5.74, 6) is 2.34. The first kappa shape index (κ1) is 20.2. The van der Waals surface area contributed by atoms with E-state index in [1.54, 1.807) is 13.3 Å². The van der Waals surface area contributed by atoms with Crippen molar-refractivity contribution < 1.29 is 14.3 Å². The van der Waals surface area contributed by atoms with Gasteiger partial charge in [0.05, 0.1) is 19.4 Å². The lowest BCUT2D eigenvalue weighted by Crippen LogP contribution is -2.37. The molecule has 0 atom stereocenters. The van der Waals surface area contributed by atoms with Crippen molar-refractivity contribution in [1.29, 1.82) is 0 Å². The van der Waals surface area contributed by atoms with Gasteiger partial charge in [-0.3, -0.25) is 9.89 Å². The van der Waals surface area contributed by atoms with Crippen molar-refractivity contribution in [2.45, 2.75) is 57.9 Å². The van der Waals surface area contributed by atoms with Crippen molar-refractivity contribution >= 4 is 5.91 Å². The van der Waals surface area contributed by atoms with Crippen molar-refractivity contribution in [3.63, 3.8) is 0 Å². The maximum absolute atomic E-state index is 12.3. The van der Waals surface area contributed by atoms with Crippen LogP contribution in [0.25, 0.3) is 0 Å². The maximum Gasteiger partial charge on any atom is 0.220 e. The molecule has 6 nitrogen and oxygen atoms in total. The molecule has 1 amide bonds. The van der Waals surface area contributed by atoms with Gasteiger partial charge >= 0.3 is 0 Å². The molecule has 152 valence electrons. The third kappa shape index (κ3) is 6.01. The Morgan fingerprint density at radius 1 is 1.18 bits per heavy atom. The zero-order chi connectivity index (χ0) is 19.8. The normalized spacial score (nSPS) is 19.2. The van der Waals surface area contributed by atoms with Gasteiger partial charge < -0.3 is 14.8 Å². The lowest BCUT2D eigenvalue weighted by Gasteiger charge is -2.26. The number of carbonyl (C=O) groups excluding carboxylic acids is 1. The summed E-state index contributed by atoms with van der Waals surface area (Å²) in [4.78, 5) is 12.3. The molecule has 1 fully saturated rings. The van der Waals surface area contributed by atoms with Gasteiger partial charge in [0.25, 0.3) is 0 Å². The highest BCUT2D eigenvalue weighted by Gasteiger charge is 2.19. The van der Waals surface area contributed by atoms with Gasteiger partial charge in [-0.1, -0.05) is 13.0 Å². The fourth-order valence-corrected chi connectivity index (χ4v) is 3.64. The van der Waals surface area contributed by atoms with Gasteiger partial charge in [0.15, 0.2) is 11.5 Å². The Bertz CT molecular complexity index is 737. The summed E-state index contributed by atoms with van der Waals surface area (Å²) >= 11 is 0. The standard InChI is InChI=1S/C22H31N3O3/c1-16-3-7-18(8-4-16)24-22(26)10-6-17-5-9-20(21(15-17)27-2)28-14-12-19-11-13-23-25-19/h5,9,11,13,15-16,18H,3-4,6-8,10,12,14H2,1-2H3,(H,23,25)(H,24,26)/t16-,18-. The smallest absolute Gasteiger partial charge is 0.220 e. The molecule has 1 aromatic heterocycles. The van der Waals surface area contributed by atoms with Gasteiger partial charge in [-0.15, -0.1) is 0 Å². The third-order valence-electron chi connectivity index (χ3n) is 5.42. The number of amides is 1. The molecule has 0 bridgehead atoms. The number of carbonyl (C=O) groups is 1. The number of rotatable bonds is 9. The molecule has 28 heavy (non-hydrogen) atoms. The predicted molar refractivity (Wildman–Crippen MR) is 109 cm³/mol. The number of hydrogen-bond donors (Lipinski definition) is 2. The highest BCUT2D eigenvalue weighted by Crippen LogP contribution is 2.29. The third-order valence-corrected chi connectivity index (χ3v) is 5.42. The van der Waals surface area contributed by atoms with Crippen LogP contribution >= 0.6 is 0 Å². The second-order valence-electron chi connectivity index (χ2n) is 7.67. The Labute approximate surface area is 167 Å². The first-order chi connectivity index (χ1) is 13.6. The zero-order valence-electron chi connectivity index (χ0n) is 16.9. The van der Waals surface area contributed by atoms with Gasteiger partial charge in [0, 0.05) is 25.1 Å². The quantitative estimate of drug-likeness (QED) is 0.691. The topological polar surface area (TPSA) is 76.2 Å². The fraction of sp³-hybridized carbons (Fsp3) is 0.545. The molecule has 1 aromatic carbocycles. The molecule has 1 heterocycles. The number of ether oxygens (including phenoxy) is 2. The Morgan fingerprint density at radius 2 is 2.00 bits per heavy atom. The van der Waals surface area contributed by atoms with Crippen molar-refractivity contribution in [3.05, 3.63) is 41.7 Å². The van der Waals surface area contributed by atoms with Gasteiger partial charge in [0.2, 0.25) is 5.91 Å². The maximum atomic E-state index is 12.3. The molecule has 1 saturated carbocycles. The summed E-state index contributed by atoms with van der Waals surface area (Å²) in [5, 5.41) is 10.1. The van der Waals surface area contributed by atoms with Crippen molar-refractivity contribution in [3.8, 4) is 11.5 Å². The number of nitrogens with zero attached hydrogens (tertiary/aromatic N) is 1. The first-order valence-corrected chi connectivity index (χ1v) is 10.2. The molecule has 3 rings (SSSR count). The van der Waals surface area contributed by atoms with Crippen molar-refractivity contribution in [1.82, 2.24) is 15.5 Å². The molecular weight excluding hydrogens is 354 g/mol. The van der Waals surface area contributed by atoms with E-state index in [-0.39, 0.29) is 5.91 Å². The van der Waals surface area contributed by atoms with Crippen molar-refractivity contribution in [2.75, 3.05) is 13.7 Å². The minimum Gasteiger partial charge on any atom is -0.493 e. The molecule has 0 aliphatic heterocycles. The van der Waals surface area contributed by atoms with E-state index in [2.05, 4.69) is 22.4 Å². The van der Waals surface area contributed by atoms with Crippen LogP contribution in [0, 0.1) is 5.92 Å². The van der Waals surface area contributed by atoms with E-state index in [0.29, 0.717) is 37.0 Å². The molecule has 0 unspecified atom stereocenters. The Kier molecular flexibility index (Phi) is 7.34. The van der Waals surface area contributed by atoms with E-state index in [1.165, 1.54) is 12.8 Å². The summed E-state index contributed by atoms with van der Waals surface area (Å²) < 4.78 is 11.3. The number of H-pyrrole nitrogens is 1. The fourth-order valence-electron chi connectivity index (χ4n) is 3.64. The minimum atomic E-state index is 0.137. The molecule has 2 aromatic rings. The first-order valence-electron chi connectivity index (χ1n) is 10.2. The Hall–Kier alpha value is -2.50. The van der Waals surface area contributed by atoms with E-state index in [9.17, 15) is 4.79 Å². The summed E-state index contributed by atoms with van der Waals surface area (Å²) in [6.07, 6.45) is 8.35. The van der Waals surface area contributed by atoms with Crippen LogP contribution in [-0.4, -0.2) is 35.9 Å². The lowest BCUT2D eigenvalue weighted by molar-refractivity contribution is -0.122. The van der Waals surface area contributed by atoms with E-state index in [1.807, 2.05) is 24.3 Å². The Balaban J connectivity index is 1.45. The lowest BCUT2D eigenvalue weighted by atomic mass is 9.87. The molecule has 1 aliphatic carbocycles. The molecular formula is C22H31N3O3. The van der Waals surface area contributed by atoms with Crippen LogP contribution in [0.2, 0.25) is 0 Å². The van der Waals surface area contributed by atoms with Gasteiger partial charge in [0.1, 0.15) is 0 Å². The van der Waals surface area contributed by atoms with Gasteiger partial charge in [-0.05, 0) is 61.8 Å². The van der Waals surface area contributed by atoms with Crippen LogP contribution in [0.15, 0.2) is 30.5 Å². The van der Waals surface area contributed by atoms with Crippen LogP contribution < -0.4 is 14.8 Å². The van der Waals surface area contributed by atoms with E-state index in [0.717, 1.165) is 36.4 Å². The van der Waals surface area contributed by atoms with E-state index < -0.39 is 0 Å². The predicted octanol–water partition coefficient (Wildman–Crippen LogP) is 3.67. The number of hydrogen-bond acceptors (Lipinski definition) is 4. The highest BCUT2D eigenvalue weighted by atomic mass is 16.5. The average Bonchev–Trinajstić information content (AvgIpc) is 3.22. The number of aromatic nitrogens is 2. The molecule has 0 saturated heterocycles. The van der Waals surface area contributed by atoms with Gasteiger partial charge in [-0.2, -0.15) is 5.10 Å². The summed E-state index contributed by atoms with van der Waals surface area (Å²) in [6.45, 7) is 2.82. The SMILES string of the molecule is COc1cc(CCC(=O)N[C@H]2CC[C@H](C)CC2)ccc1OCCc1cc[nH]n1. The molecule has 1 aliphatic rings. The largest absolute Gasteiger partial charge is 0.493 e. The summed E-state index contributed by atoms with van der Waals surface area (Å²) in [7, 11) is 1.64. The number of aryl methyl sites for hydroxylation is 1. The van der Waals surface area contributed by atoms with Crippen LogP contribution in [0.5, 0.6) is 11.5 Å². The molecule has 6 heteroatoms. The monoisotopic (exact) mass is 385 g/mol. The molecule has 0 spiro atoms. The average molecular weight is 386 g/mol. The van der Waals surface area contributed by atoms with E-state index in [4.69, 9.17) is 9.47 Å². The second kappa shape index (κ2) is 10.2. The van der Waals surface area contributed by atoms with Crippen LogP contribution in [-0.2, 0) is 17.6 Å².